The molecule has 0 radical (unpaired) electrons. The Morgan fingerprint density at radius 2 is 1.76 bits per heavy atom. The van der Waals surface area contributed by atoms with Crippen LogP contribution in [-0.4, -0.2) is 14.2 Å². The molecule has 0 unspecified atom stereocenters. The van der Waals surface area contributed by atoms with Crippen molar-refractivity contribution in [1.29, 1.82) is 0 Å². The second-order valence-corrected chi connectivity index (χ2v) is 6.38. The van der Waals surface area contributed by atoms with Crippen molar-refractivity contribution in [2.75, 3.05) is 14.2 Å². The first-order valence-corrected chi connectivity index (χ1v) is 8.16. The highest BCUT2D eigenvalue weighted by Gasteiger charge is 2.13. The van der Waals surface area contributed by atoms with Crippen molar-refractivity contribution in [3.8, 4) is 17.2 Å². The molecule has 0 aliphatic carbocycles. The van der Waals surface area contributed by atoms with Crippen LogP contribution in [0.3, 0.4) is 0 Å². The summed E-state index contributed by atoms with van der Waals surface area (Å²) in [5.41, 5.74) is 0.917. The van der Waals surface area contributed by atoms with Gasteiger partial charge in [-0.25, -0.2) is 0 Å². The average molecular weight is 436 g/mol. The normalized spacial score (nSPS) is 10.5. The van der Waals surface area contributed by atoms with Crippen LogP contribution in [0.15, 0.2) is 39.3 Å². The molecule has 21 heavy (non-hydrogen) atoms. The predicted molar refractivity (Wildman–Crippen MR) is 92.7 cm³/mol. The molecule has 2 rings (SSSR count). The SMILES string of the molecule is CNCc1c(Cl)cccc1Oc1cc(Br)c(OC)cc1Br. The highest BCUT2D eigenvalue weighted by atomic mass is 79.9. The number of hydrogen-bond acceptors (Lipinski definition) is 3. The lowest BCUT2D eigenvalue weighted by Crippen LogP contribution is -2.07. The lowest BCUT2D eigenvalue weighted by atomic mass is 10.2. The van der Waals surface area contributed by atoms with E-state index in [9.17, 15) is 0 Å². The molecule has 0 atom stereocenters. The number of halogens is 3. The van der Waals surface area contributed by atoms with Crippen LogP contribution in [0.4, 0.5) is 0 Å². The van der Waals surface area contributed by atoms with Gasteiger partial charge in [-0.1, -0.05) is 17.7 Å². The summed E-state index contributed by atoms with van der Waals surface area (Å²) in [6, 6.07) is 9.31. The van der Waals surface area contributed by atoms with Gasteiger partial charge in [0.25, 0.3) is 0 Å². The Bertz CT molecular complexity index is 650. The van der Waals surface area contributed by atoms with E-state index in [0.29, 0.717) is 17.3 Å². The Kier molecular flexibility index (Phi) is 5.93. The fraction of sp³-hybridized carbons (Fsp3) is 0.200. The van der Waals surface area contributed by atoms with E-state index in [4.69, 9.17) is 21.1 Å². The number of nitrogens with one attached hydrogen (secondary N) is 1. The zero-order valence-electron chi connectivity index (χ0n) is 11.5. The molecule has 2 aromatic rings. The van der Waals surface area contributed by atoms with Gasteiger partial charge in [0.1, 0.15) is 17.2 Å². The van der Waals surface area contributed by atoms with E-state index < -0.39 is 0 Å². The molecule has 0 saturated carbocycles. The summed E-state index contributed by atoms with van der Waals surface area (Å²) in [4.78, 5) is 0. The van der Waals surface area contributed by atoms with Gasteiger partial charge in [0, 0.05) is 17.1 Å². The Morgan fingerprint density at radius 1 is 1.10 bits per heavy atom. The summed E-state index contributed by atoms with van der Waals surface area (Å²) in [6.07, 6.45) is 0. The van der Waals surface area contributed by atoms with Gasteiger partial charge in [-0.3, -0.25) is 0 Å². The van der Waals surface area contributed by atoms with Gasteiger partial charge in [0.2, 0.25) is 0 Å². The molecule has 0 aliphatic heterocycles. The standard InChI is InChI=1S/C15H14Br2ClNO2/c1-19-8-9-12(18)4-3-5-13(9)21-15-7-10(16)14(20-2)6-11(15)17/h3-7,19H,8H2,1-2H3. The van der Waals surface area contributed by atoms with Crippen molar-refractivity contribution in [1.82, 2.24) is 5.32 Å². The molecule has 112 valence electrons. The lowest BCUT2D eigenvalue weighted by Gasteiger charge is -2.15. The highest BCUT2D eigenvalue weighted by molar-refractivity contribution is 9.11. The average Bonchev–Trinajstić information content (AvgIpc) is 2.46. The molecule has 2 aromatic carbocycles. The van der Waals surface area contributed by atoms with Crippen LogP contribution in [0.5, 0.6) is 17.2 Å². The van der Waals surface area contributed by atoms with Gasteiger partial charge in [0.15, 0.2) is 0 Å². The van der Waals surface area contributed by atoms with E-state index in [0.717, 1.165) is 26.0 Å². The van der Waals surface area contributed by atoms with Crippen LogP contribution in [0, 0.1) is 0 Å². The molecule has 0 amide bonds. The summed E-state index contributed by atoms with van der Waals surface area (Å²) in [5, 5.41) is 3.76. The van der Waals surface area contributed by atoms with Crippen molar-refractivity contribution < 1.29 is 9.47 Å². The fourth-order valence-corrected chi connectivity index (χ4v) is 2.97. The maximum absolute atomic E-state index is 6.23. The third-order valence-electron chi connectivity index (χ3n) is 2.86. The summed E-state index contributed by atoms with van der Waals surface area (Å²) < 4.78 is 12.9. The first-order valence-electron chi connectivity index (χ1n) is 6.19. The topological polar surface area (TPSA) is 30.5 Å². The maximum atomic E-state index is 6.23. The lowest BCUT2D eigenvalue weighted by molar-refractivity contribution is 0.409. The quantitative estimate of drug-likeness (QED) is 0.684. The van der Waals surface area contributed by atoms with E-state index in [-0.39, 0.29) is 0 Å². The second-order valence-electron chi connectivity index (χ2n) is 4.27. The first kappa shape index (κ1) is 16.6. The molecule has 3 nitrogen and oxygen atoms in total. The summed E-state index contributed by atoms with van der Waals surface area (Å²) in [5.74, 6) is 2.13. The molecule has 1 N–H and O–H groups in total. The molecule has 0 aliphatic rings. The summed E-state index contributed by atoms with van der Waals surface area (Å²) >= 11 is 13.2. The van der Waals surface area contributed by atoms with E-state index in [2.05, 4.69) is 37.2 Å². The Morgan fingerprint density at radius 3 is 2.43 bits per heavy atom. The summed E-state index contributed by atoms with van der Waals surface area (Å²) in [7, 11) is 3.49. The predicted octanol–water partition coefficient (Wildman–Crippen LogP) is 5.39. The van der Waals surface area contributed by atoms with Crippen molar-refractivity contribution in [2.45, 2.75) is 6.54 Å². The second kappa shape index (κ2) is 7.49. The van der Waals surface area contributed by atoms with E-state index in [1.54, 1.807) is 7.11 Å². The minimum atomic E-state index is 0.629. The van der Waals surface area contributed by atoms with Crippen LogP contribution < -0.4 is 14.8 Å². The van der Waals surface area contributed by atoms with Crippen molar-refractivity contribution >= 4 is 43.5 Å². The van der Waals surface area contributed by atoms with E-state index in [1.165, 1.54) is 0 Å². The van der Waals surface area contributed by atoms with Crippen LogP contribution in [0.2, 0.25) is 5.02 Å². The van der Waals surface area contributed by atoms with Crippen molar-refractivity contribution in [3.63, 3.8) is 0 Å². The number of rotatable bonds is 5. The van der Waals surface area contributed by atoms with Gasteiger partial charge in [-0.15, -0.1) is 0 Å². The molecule has 6 heteroatoms. The molecular weight excluding hydrogens is 421 g/mol. The maximum Gasteiger partial charge on any atom is 0.143 e. The van der Waals surface area contributed by atoms with E-state index >= 15 is 0 Å². The Labute approximate surface area is 145 Å². The van der Waals surface area contributed by atoms with Crippen LogP contribution in [0.25, 0.3) is 0 Å². The Balaban J connectivity index is 2.39. The minimum absolute atomic E-state index is 0.629. The van der Waals surface area contributed by atoms with Gasteiger partial charge in [0.05, 0.1) is 16.1 Å². The monoisotopic (exact) mass is 433 g/mol. The third kappa shape index (κ3) is 3.92. The van der Waals surface area contributed by atoms with Gasteiger partial charge >= 0.3 is 0 Å². The van der Waals surface area contributed by atoms with Crippen LogP contribution >= 0.6 is 43.5 Å². The number of hydrogen-bond donors (Lipinski definition) is 1. The smallest absolute Gasteiger partial charge is 0.143 e. The molecule has 0 bridgehead atoms. The van der Waals surface area contributed by atoms with Crippen molar-refractivity contribution in [3.05, 3.63) is 49.9 Å². The van der Waals surface area contributed by atoms with Gasteiger partial charge in [-0.05, 0) is 63.2 Å². The molecule has 0 saturated heterocycles. The van der Waals surface area contributed by atoms with Crippen molar-refractivity contribution in [2.24, 2.45) is 0 Å². The fourth-order valence-electron chi connectivity index (χ4n) is 1.85. The zero-order chi connectivity index (χ0) is 15.4. The summed E-state index contributed by atoms with van der Waals surface area (Å²) in [6.45, 7) is 0.629. The number of ether oxygens (including phenoxy) is 2. The zero-order valence-corrected chi connectivity index (χ0v) is 15.5. The molecule has 0 heterocycles. The number of methoxy groups -OCH3 is 1. The van der Waals surface area contributed by atoms with Gasteiger partial charge < -0.3 is 14.8 Å². The largest absolute Gasteiger partial charge is 0.496 e. The van der Waals surface area contributed by atoms with E-state index in [1.807, 2.05) is 37.4 Å². The van der Waals surface area contributed by atoms with Crippen LogP contribution in [-0.2, 0) is 6.54 Å². The molecular formula is C15H14Br2ClNO2. The highest BCUT2D eigenvalue weighted by Crippen LogP contribution is 2.39. The molecule has 0 aromatic heterocycles. The first-order chi connectivity index (χ1) is 10.1. The molecule has 0 spiro atoms. The molecule has 0 fully saturated rings. The van der Waals surface area contributed by atoms with Crippen LogP contribution in [0.1, 0.15) is 5.56 Å². The van der Waals surface area contributed by atoms with Gasteiger partial charge in [-0.2, -0.15) is 0 Å². The number of benzene rings is 2. The Hall–Kier alpha value is -0.750. The third-order valence-corrected chi connectivity index (χ3v) is 4.45. The minimum Gasteiger partial charge on any atom is -0.496 e.